The first-order chi connectivity index (χ1) is 28.5. The Bertz CT molecular complexity index is 1840. The molecule has 0 aromatic heterocycles. The topological polar surface area (TPSA) is 105 Å². The molecule has 6 nitrogen and oxygen atoms in total. The molecule has 0 bridgehead atoms. The van der Waals surface area contributed by atoms with Crippen LogP contribution in [0.4, 0.5) is 0 Å². The molecule has 0 atom stereocenters. The molecular weight excluding hydrogens is 1190 g/mol. The molecule has 0 fully saturated rings. The van der Waals surface area contributed by atoms with Gasteiger partial charge < -0.3 is 20.9 Å². The molecule has 0 radical (unpaired) electrons. The third-order valence-corrected chi connectivity index (χ3v) is 7.95. The standard InChI is InChI=1S/2C19H19O2.C12H10.2CH5N.2U/c2*1-2-14-21-19(20)13-12-16-8-10-18(11-9-16)15-17-6-4-3-5-7-17;1-3-7-11(8-4-1)12-9-5-2-6-10-12;2*1-2;;/h2*4-13H,2,14-15H2,1H3;1-10H;2*2H2,1H3;;/q2*-1;;;;;/b2*13-12+;;;;;. The molecule has 6 aromatic carbocycles. The maximum absolute atomic E-state index is 11.4. The Morgan fingerprint density at radius 3 is 1.07 bits per heavy atom. The predicted molar refractivity (Wildman–Crippen MR) is 242 cm³/mol. The zero-order chi connectivity index (χ0) is 42.1. The van der Waals surface area contributed by atoms with E-state index in [-0.39, 0.29) is 74.2 Å². The zero-order valence-corrected chi connectivity index (χ0v) is 43.7. The molecule has 0 amide bonds. The van der Waals surface area contributed by atoms with Crippen LogP contribution in [0.1, 0.15) is 60.1 Å². The second-order valence-electron chi connectivity index (χ2n) is 12.4. The largest absolute Gasteiger partial charge is 0.463 e. The van der Waals surface area contributed by atoms with Crippen molar-refractivity contribution >= 4 is 24.1 Å². The van der Waals surface area contributed by atoms with E-state index in [1.54, 1.807) is 12.2 Å². The van der Waals surface area contributed by atoms with Crippen molar-refractivity contribution in [1.82, 2.24) is 0 Å². The second-order valence-corrected chi connectivity index (χ2v) is 12.4. The fraction of sp³-hybridized carbons (Fsp3) is 0.192. The summed E-state index contributed by atoms with van der Waals surface area (Å²) in [7, 11) is 3.00. The van der Waals surface area contributed by atoms with Gasteiger partial charge in [0.2, 0.25) is 0 Å². The van der Waals surface area contributed by atoms with Gasteiger partial charge >= 0.3 is 11.9 Å². The molecule has 310 valence electrons. The second kappa shape index (κ2) is 36.6. The van der Waals surface area contributed by atoms with Crippen LogP contribution in [-0.2, 0) is 31.9 Å². The molecule has 6 rings (SSSR count). The number of hydrogen-bond acceptors (Lipinski definition) is 6. The van der Waals surface area contributed by atoms with E-state index in [0.29, 0.717) is 13.2 Å². The van der Waals surface area contributed by atoms with Crippen molar-refractivity contribution < 1.29 is 81.3 Å². The first kappa shape index (κ1) is 55.8. The number of carbonyl (C=O) groups excluding carboxylic acids is 2. The first-order valence-corrected chi connectivity index (χ1v) is 19.6. The van der Waals surface area contributed by atoms with Gasteiger partial charge in [0.1, 0.15) is 0 Å². The number of benzene rings is 6. The van der Waals surface area contributed by atoms with Gasteiger partial charge in [0.25, 0.3) is 0 Å². The molecule has 0 heterocycles. The quantitative estimate of drug-likeness (QED) is 0.0678. The molecule has 0 saturated carbocycles. The van der Waals surface area contributed by atoms with E-state index in [0.717, 1.165) is 36.8 Å². The molecule has 60 heavy (non-hydrogen) atoms. The van der Waals surface area contributed by atoms with Crippen molar-refractivity contribution in [1.29, 1.82) is 0 Å². The Hall–Kier alpha value is -4.24. The Morgan fingerprint density at radius 2 is 0.767 bits per heavy atom. The number of esters is 2. The minimum atomic E-state index is -0.290. The third kappa shape index (κ3) is 24.8. The number of nitrogens with two attached hydrogens (primary N) is 2. The Morgan fingerprint density at radius 1 is 0.467 bits per heavy atom. The van der Waals surface area contributed by atoms with Crippen LogP contribution in [-0.4, -0.2) is 39.2 Å². The molecule has 0 aliphatic carbocycles. The first-order valence-electron chi connectivity index (χ1n) is 19.6. The van der Waals surface area contributed by atoms with E-state index in [9.17, 15) is 9.59 Å². The normalized spacial score (nSPS) is 9.63. The van der Waals surface area contributed by atoms with Crippen molar-refractivity contribution in [2.24, 2.45) is 11.5 Å². The number of hydrogen-bond donors (Lipinski definition) is 2. The third-order valence-electron chi connectivity index (χ3n) is 7.95. The summed E-state index contributed by atoms with van der Waals surface area (Å²) in [6.07, 6.45) is 9.97. The average Bonchev–Trinajstić information content (AvgIpc) is 3.30. The number of rotatable bonds is 13. The molecule has 0 aliphatic rings. The molecular formula is C52H58N2O4U2-2. The van der Waals surface area contributed by atoms with Crippen molar-refractivity contribution in [3.05, 3.63) is 215 Å². The van der Waals surface area contributed by atoms with E-state index < -0.39 is 0 Å². The van der Waals surface area contributed by atoms with Crippen LogP contribution in [0.15, 0.2) is 170 Å². The monoisotopic (exact) mass is 1250 g/mol. The summed E-state index contributed by atoms with van der Waals surface area (Å²) < 4.78 is 9.97. The molecule has 8 heteroatoms. The minimum Gasteiger partial charge on any atom is -0.463 e. The van der Waals surface area contributed by atoms with Gasteiger partial charge in [0.05, 0.1) is 13.2 Å². The molecule has 0 spiro atoms. The summed E-state index contributed by atoms with van der Waals surface area (Å²) in [4.78, 5) is 22.7. The van der Waals surface area contributed by atoms with Gasteiger partial charge in [-0.1, -0.05) is 123 Å². The van der Waals surface area contributed by atoms with Crippen molar-refractivity contribution in [3.8, 4) is 11.1 Å². The molecule has 0 unspecified atom stereocenters. The van der Waals surface area contributed by atoms with Crippen LogP contribution in [0.5, 0.6) is 0 Å². The molecule has 6 aromatic rings. The van der Waals surface area contributed by atoms with Crippen LogP contribution in [0.3, 0.4) is 0 Å². The van der Waals surface area contributed by atoms with Crippen LogP contribution < -0.4 is 11.5 Å². The fourth-order valence-electron chi connectivity index (χ4n) is 5.13. The van der Waals surface area contributed by atoms with E-state index in [4.69, 9.17) is 9.47 Å². The van der Waals surface area contributed by atoms with Crippen molar-refractivity contribution in [2.45, 2.75) is 39.5 Å². The van der Waals surface area contributed by atoms with Gasteiger partial charge in [-0.05, 0) is 85.3 Å². The summed E-state index contributed by atoms with van der Waals surface area (Å²) in [6.45, 7) is 4.88. The van der Waals surface area contributed by atoms with Gasteiger partial charge in [0, 0.05) is 74.4 Å². The Labute approximate surface area is 406 Å². The van der Waals surface area contributed by atoms with E-state index >= 15 is 0 Å². The molecule has 0 saturated heterocycles. The van der Waals surface area contributed by atoms with E-state index in [2.05, 4.69) is 121 Å². The van der Waals surface area contributed by atoms with E-state index in [1.165, 1.54) is 59.6 Å². The number of carbonyl (C=O) groups is 2. The van der Waals surface area contributed by atoms with Crippen LogP contribution >= 0.6 is 0 Å². The maximum atomic E-state index is 11.4. The summed E-state index contributed by atoms with van der Waals surface area (Å²) in [5.41, 5.74) is 18.6. The van der Waals surface area contributed by atoms with Gasteiger partial charge in [-0.25, -0.2) is 9.59 Å². The van der Waals surface area contributed by atoms with Crippen LogP contribution in [0.2, 0.25) is 0 Å². The fourth-order valence-corrected chi connectivity index (χ4v) is 5.13. The molecule has 4 N–H and O–H groups in total. The molecule has 0 aliphatic heterocycles. The Balaban J connectivity index is 0.000000846. The van der Waals surface area contributed by atoms with Crippen molar-refractivity contribution in [3.63, 3.8) is 0 Å². The van der Waals surface area contributed by atoms with E-state index in [1.807, 2.05) is 74.5 Å². The summed E-state index contributed by atoms with van der Waals surface area (Å²) >= 11 is 0. The van der Waals surface area contributed by atoms with Crippen molar-refractivity contribution in [2.75, 3.05) is 27.3 Å². The van der Waals surface area contributed by atoms with Gasteiger partial charge in [0.15, 0.2) is 0 Å². The minimum absolute atomic E-state index is 0. The summed E-state index contributed by atoms with van der Waals surface area (Å²) in [6, 6.07) is 59.1. The van der Waals surface area contributed by atoms with Crippen LogP contribution in [0.25, 0.3) is 23.3 Å². The SMILES string of the molecule is CCCOC(=O)/C=C/c1ccc(Cc2cc[c-]cc2)cc1.CCCOC(=O)/C=C/c1ccc(Cc2cc[c-]cc2)cc1.CN.CN.[U].[U].c1ccc(-c2ccccc2)cc1. The number of ether oxygens (including phenoxy) is 2. The smallest absolute Gasteiger partial charge is 0.330 e. The average molecular weight is 1250 g/mol. The van der Waals surface area contributed by atoms with Gasteiger partial charge in [-0.15, -0.1) is 0 Å². The Kier molecular flexibility index (Phi) is 34.0. The summed E-state index contributed by atoms with van der Waals surface area (Å²) in [5.74, 6) is -0.581. The van der Waals surface area contributed by atoms with Crippen LogP contribution in [0, 0.1) is 74.4 Å². The van der Waals surface area contributed by atoms with Gasteiger partial charge in [-0.2, -0.15) is 71.8 Å². The summed E-state index contributed by atoms with van der Waals surface area (Å²) in [5, 5.41) is 0. The maximum Gasteiger partial charge on any atom is 0.330 e. The predicted octanol–water partition coefficient (Wildman–Crippen LogP) is 10.6. The van der Waals surface area contributed by atoms with Gasteiger partial charge in [-0.3, -0.25) is 0 Å². The zero-order valence-electron chi connectivity index (χ0n) is 35.4.